The number of benzene rings is 1. The summed E-state index contributed by atoms with van der Waals surface area (Å²) in [6.45, 7) is 9.37. The monoisotopic (exact) mass is 528 g/mol. The van der Waals surface area contributed by atoms with Gasteiger partial charge in [-0.3, -0.25) is 9.20 Å². The Hall–Kier alpha value is -3.59. The highest BCUT2D eigenvalue weighted by Gasteiger charge is 2.40. The predicted molar refractivity (Wildman–Crippen MR) is 150 cm³/mol. The van der Waals surface area contributed by atoms with Gasteiger partial charge in [0.25, 0.3) is 0 Å². The molecule has 0 atom stereocenters. The number of anilines is 1. The Balaban J connectivity index is 1.12. The van der Waals surface area contributed by atoms with Gasteiger partial charge in [0.1, 0.15) is 21.9 Å². The highest BCUT2D eigenvalue weighted by atomic mass is 32.1. The molecule has 8 nitrogen and oxygen atoms in total. The van der Waals surface area contributed by atoms with Crippen molar-refractivity contribution in [2.45, 2.75) is 65.2 Å². The number of imidazole rings is 1. The second-order valence-electron chi connectivity index (χ2n) is 11.5. The maximum atomic E-state index is 12.6. The molecule has 196 valence electrons. The first-order valence-electron chi connectivity index (χ1n) is 13.2. The van der Waals surface area contributed by atoms with E-state index in [2.05, 4.69) is 47.6 Å². The number of thiazole rings is 1. The van der Waals surface area contributed by atoms with Gasteiger partial charge >= 0.3 is 0 Å². The molecule has 0 amide bonds. The minimum Gasteiger partial charge on any atom is -0.361 e. The van der Waals surface area contributed by atoms with Gasteiger partial charge in [-0.25, -0.2) is 15.0 Å². The summed E-state index contributed by atoms with van der Waals surface area (Å²) >= 11 is 1.56. The second kappa shape index (κ2) is 9.31. The lowest BCUT2D eigenvalue weighted by Crippen LogP contribution is -2.15. The number of nitrogens with one attached hydrogen (secondary N) is 1. The predicted octanol–water partition coefficient (Wildman–Crippen LogP) is 6.25. The van der Waals surface area contributed by atoms with Crippen molar-refractivity contribution >= 4 is 38.4 Å². The number of ketones is 1. The Labute approximate surface area is 225 Å². The average Bonchev–Trinajstić information content (AvgIpc) is 3.16. The lowest BCUT2D eigenvalue weighted by molar-refractivity contribution is -0.117. The third-order valence-electron chi connectivity index (χ3n) is 7.51. The summed E-state index contributed by atoms with van der Waals surface area (Å²) in [5.41, 5.74) is 4.80. The Morgan fingerprint density at radius 2 is 1.95 bits per heavy atom. The quantitative estimate of drug-likeness (QED) is 0.241. The van der Waals surface area contributed by atoms with E-state index in [0.29, 0.717) is 23.5 Å². The zero-order valence-corrected chi connectivity index (χ0v) is 23.1. The van der Waals surface area contributed by atoms with E-state index in [0.717, 1.165) is 44.4 Å². The summed E-state index contributed by atoms with van der Waals surface area (Å²) in [6.07, 6.45) is 8.28. The molecule has 1 aliphatic carbocycles. The SMILES string of the molecule is CCC1(CNc2ncc3c(n2)sc2nc(-c4ccc(CC(=O)Cc5cc(C(C)(C)C)on5)cc4)cn23)CC1. The Bertz CT molecular complexity index is 1620. The maximum absolute atomic E-state index is 12.6. The lowest BCUT2D eigenvalue weighted by Gasteiger charge is -2.12. The van der Waals surface area contributed by atoms with Crippen LogP contribution in [-0.4, -0.2) is 36.8 Å². The van der Waals surface area contributed by atoms with Crippen molar-refractivity contribution in [3.8, 4) is 11.3 Å². The number of aromatic nitrogens is 5. The molecule has 1 aliphatic rings. The minimum absolute atomic E-state index is 0.108. The number of hydrogen-bond acceptors (Lipinski definition) is 8. The highest BCUT2D eigenvalue weighted by molar-refractivity contribution is 7.23. The molecule has 0 aliphatic heterocycles. The van der Waals surface area contributed by atoms with Gasteiger partial charge in [-0.1, -0.05) is 68.5 Å². The van der Waals surface area contributed by atoms with E-state index in [-0.39, 0.29) is 17.6 Å². The summed E-state index contributed by atoms with van der Waals surface area (Å²) in [6, 6.07) is 9.90. The third kappa shape index (κ3) is 4.95. The maximum Gasteiger partial charge on any atom is 0.224 e. The van der Waals surface area contributed by atoms with E-state index in [1.807, 2.05) is 42.7 Å². The van der Waals surface area contributed by atoms with Crippen LogP contribution < -0.4 is 5.32 Å². The fraction of sp³-hybridized carbons (Fsp3) is 0.414. The molecular formula is C29H32N6O2S. The van der Waals surface area contributed by atoms with Gasteiger partial charge in [0.05, 0.1) is 24.0 Å². The first-order valence-corrected chi connectivity index (χ1v) is 14.0. The van der Waals surface area contributed by atoms with Crippen molar-refractivity contribution in [3.05, 3.63) is 59.7 Å². The Morgan fingerprint density at radius 1 is 1.16 bits per heavy atom. The zero-order chi connectivity index (χ0) is 26.5. The van der Waals surface area contributed by atoms with Crippen LogP contribution in [0.1, 0.15) is 64.0 Å². The number of fused-ring (bicyclic) bond motifs is 3. The van der Waals surface area contributed by atoms with Crippen molar-refractivity contribution in [2.24, 2.45) is 5.41 Å². The molecule has 1 aromatic carbocycles. The number of Topliss-reactive ketones (excluding diaryl/α,β-unsaturated/α-hetero) is 1. The molecule has 6 rings (SSSR count). The molecule has 38 heavy (non-hydrogen) atoms. The van der Waals surface area contributed by atoms with Crippen LogP contribution in [0.2, 0.25) is 0 Å². The van der Waals surface area contributed by atoms with Crippen LogP contribution in [-0.2, 0) is 23.1 Å². The van der Waals surface area contributed by atoms with Crippen molar-refractivity contribution in [2.75, 3.05) is 11.9 Å². The van der Waals surface area contributed by atoms with Crippen LogP contribution in [0.3, 0.4) is 0 Å². The average molecular weight is 529 g/mol. The van der Waals surface area contributed by atoms with Crippen molar-refractivity contribution in [1.82, 2.24) is 24.5 Å². The first kappa shape index (κ1) is 24.7. The van der Waals surface area contributed by atoms with Gasteiger partial charge < -0.3 is 9.84 Å². The molecule has 5 aromatic rings. The van der Waals surface area contributed by atoms with Gasteiger partial charge in [-0.2, -0.15) is 0 Å². The molecule has 4 aromatic heterocycles. The van der Waals surface area contributed by atoms with Crippen LogP contribution >= 0.6 is 11.3 Å². The van der Waals surface area contributed by atoms with Gasteiger partial charge in [-0.05, 0) is 30.2 Å². The number of carbonyl (C=O) groups is 1. The van der Waals surface area contributed by atoms with Crippen LogP contribution in [0.25, 0.3) is 26.6 Å². The van der Waals surface area contributed by atoms with Crippen molar-refractivity contribution < 1.29 is 9.32 Å². The molecule has 0 bridgehead atoms. The van der Waals surface area contributed by atoms with E-state index in [9.17, 15) is 4.79 Å². The summed E-state index contributed by atoms with van der Waals surface area (Å²) in [5, 5.41) is 7.49. The molecular weight excluding hydrogens is 496 g/mol. The largest absolute Gasteiger partial charge is 0.361 e. The second-order valence-corrected chi connectivity index (χ2v) is 12.4. The van der Waals surface area contributed by atoms with Gasteiger partial charge in [0.15, 0.2) is 4.96 Å². The molecule has 4 heterocycles. The van der Waals surface area contributed by atoms with Crippen LogP contribution in [0.15, 0.2) is 47.2 Å². The molecule has 0 unspecified atom stereocenters. The molecule has 0 spiro atoms. The summed E-state index contributed by atoms with van der Waals surface area (Å²) in [5.74, 6) is 1.58. The summed E-state index contributed by atoms with van der Waals surface area (Å²) in [4.78, 5) is 28.5. The van der Waals surface area contributed by atoms with Crippen LogP contribution in [0.4, 0.5) is 5.95 Å². The smallest absolute Gasteiger partial charge is 0.224 e. The Morgan fingerprint density at radius 3 is 2.63 bits per heavy atom. The van der Waals surface area contributed by atoms with E-state index in [1.165, 1.54) is 19.3 Å². The fourth-order valence-corrected chi connectivity index (χ4v) is 5.61. The molecule has 0 radical (unpaired) electrons. The number of hydrogen-bond donors (Lipinski definition) is 1. The topological polar surface area (TPSA) is 98.2 Å². The standard InChI is InChI=1S/C29H32N6O2S/c1-5-29(10-11-29)17-31-26-30-15-23-25(33-26)38-27-32-22(16-35(23)27)19-8-6-18(7-9-19)12-21(36)13-20-14-24(37-34-20)28(2,3)4/h6-9,14-16H,5,10-13,17H2,1-4H3,(H,30,31,33). The van der Waals surface area contributed by atoms with E-state index < -0.39 is 0 Å². The van der Waals surface area contributed by atoms with Gasteiger partial charge in [0.2, 0.25) is 5.95 Å². The zero-order valence-electron chi connectivity index (χ0n) is 22.2. The van der Waals surface area contributed by atoms with E-state index in [4.69, 9.17) is 14.5 Å². The fourth-order valence-electron chi connectivity index (χ4n) is 4.65. The highest BCUT2D eigenvalue weighted by Crippen LogP contribution is 2.48. The number of nitrogens with zero attached hydrogens (tertiary/aromatic N) is 5. The molecule has 1 N–H and O–H groups in total. The first-order chi connectivity index (χ1) is 18.2. The van der Waals surface area contributed by atoms with Crippen LogP contribution in [0, 0.1) is 5.41 Å². The summed E-state index contributed by atoms with van der Waals surface area (Å²) < 4.78 is 7.45. The van der Waals surface area contributed by atoms with Crippen molar-refractivity contribution in [3.63, 3.8) is 0 Å². The lowest BCUT2D eigenvalue weighted by atomic mass is 9.93. The molecule has 1 fully saturated rings. The normalized spacial score (nSPS) is 14.8. The van der Waals surface area contributed by atoms with Gasteiger partial charge in [-0.15, -0.1) is 0 Å². The third-order valence-corrected chi connectivity index (χ3v) is 8.48. The Kier molecular flexibility index (Phi) is 6.06. The van der Waals surface area contributed by atoms with E-state index >= 15 is 0 Å². The van der Waals surface area contributed by atoms with Crippen molar-refractivity contribution in [1.29, 1.82) is 0 Å². The molecule has 9 heteroatoms. The number of carbonyl (C=O) groups excluding carboxylic acids is 1. The molecule has 0 saturated heterocycles. The molecule has 1 saturated carbocycles. The minimum atomic E-state index is -0.126. The van der Waals surface area contributed by atoms with E-state index in [1.54, 1.807) is 11.3 Å². The van der Waals surface area contributed by atoms with Gasteiger partial charge in [0, 0.05) is 36.2 Å². The summed E-state index contributed by atoms with van der Waals surface area (Å²) in [7, 11) is 0. The van der Waals surface area contributed by atoms with Crippen LogP contribution in [0.5, 0.6) is 0 Å². The number of rotatable bonds is 9.